The van der Waals surface area contributed by atoms with E-state index in [1.165, 1.54) is 19.3 Å². The van der Waals surface area contributed by atoms with Gasteiger partial charge < -0.3 is 4.84 Å². The van der Waals surface area contributed by atoms with E-state index in [0.29, 0.717) is 0 Å². The summed E-state index contributed by atoms with van der Waals surface area (Å²) in [7, 11) is 0. The zero-order chi connectivity index (χ0) is 12.2. The molecule has 1 heterocycles. The molecule has 2 saturated carbocycles. The van der Waals surface area contributed by atoms with Crippen LogP contribution in [0.15, 0.2) is 0 Å². The van der Waals surface area contributed by atoms with Crippen LogP contribution < -0.4 is 0 Å². The van der Waals surface area contributed by atoms with E-state index in [1.54, 1.807) is 0 Å². The maximum Gasteiger partial charge on any atom is 0.330 e. The molecule has 0 N–H and O–H groups in total. The van der Waals surface area contributed by atoms with Crippen LogP contribution in [0, 0.1) is 29.1 Å². The van der Waals surface area contributed by atoms with Gasteiger partial charge in [-0.05, 0) is 63.7 Å². The molecule has 0 aromatic heterocycles. The predicted molar refractivity (Wildman–Crippen MR) is 64.9 cm³/mol. The molecular weight excluding hydrogens is 214 g/mol. The Morgan fingerprint density at radius 1 is 1.12 bits per heavy atom. The molecule has 0 aromatic carbocycles. The number of carbonyl (C=O) groups excluding carboxylic acids is 1. The molecule has 3 nitrogen and oxygen atoms in total. The van der Waals surface area contributed by atoms with E-state index >= 15 is 0 Å². The molecule has 2 aliphatic carbocycles. The normalized spacial score (nSPS) is 40.6. The van der Waals surface area contributed by atoms with Crippen molar-refractivity contribution in [2.75, 3.05) is 13.1 Å². The molecule has 3 fully saturated rings. The van der Waals surface area contributed by atoms with E-state index in [4.69, 9.17) is 4.84 Å². The van der Waals surface area contributed by atoms with Crippen LogP contribution >= 0.6 is 0 Å². The lowest BCUT2D eigenvalue weighted by Crippen LogP contribution is -2.33. The van der Waals surface area contributed by atoms with Crippen LogP contribution in [0.4, 0.5) is 0 Å². The van der Waals surface area contributed by atoms with E-state index in [1.807, 2.05) is 25.8 Å². The zero-order valence-corrected chi connectivity index (χ0v) is 11.1. The number of hydrogen-bond acceptors (Lipinski definition) is 3. The van der Waals surface area contributed by atoms with Gasteiger partial charge in [0, 0.05) is 13.1 Å². The number of fused-ring (bicyclic) bond motifs is 5. The predicted octanol–water partition coefficient (Wildman–Crippen LogP) is 2.47. The van der Waals surface area contributed by atoms with Crippen molar-refractivity contribution in [2.24, 2.45) is 29.1 Å². The van der Waals surface area contributed by atoms with Gasteiger partial charge in [-0.15, -0.1) is 5.06 Å². The van der Waals surface area contributed by atoms with Crippen molar-refractivity contribution in [1.82, 2.24) is 5.06 Å². The molecule has 0 aromatic rings. The van der Waals surface area contributed by atoms with Crippen LogP contribution in [-0.4, -0.2) is 24.1 Å². The highest BCUT2D eigenvalue weighted by molar-refractivity contribution is 5.75. The Morgan fingerprint density at radius 2 is 1.65 bits per heavy atom. The first-order valence-electron chi connectivity index (χ1n) is 6.92. The van der Waals surface area contributed by atoms with Crippen LogP contribution in [-0.2, 0) is 9.63 Å². The Labute approximate surface area is 103 Å². The van der Waals surface area contributed by atoms with E-state index < -0.39 is 5.41 Å². The summed E-state index contributed by atoms with van der Waals surface area (Å²) in [4.78, 5) is 17.4. The molecular formula is C14H23NO2. The fourth-order valence-electron chi connectivity index (χ4n) is 3.97. The van der Waals surface area contributed by atoms with Crippen molar-refractivity contribution >= 4 is 5.97 Å². The number of carbonyl (C=O) groups is 1. The SMILES string of the molecule is CC(C)(C)C(=O)ON1C[C@@H]2C3CCC(C3)[C@@H]2C1. The lowest BCUT2D eigenvalue weighted by molar-refractivity contribution is -0.197. The van der Waals surface area contributed by atoms with E-state index in [0.717, 1.165) is 36.8 Å². The van der Waals surface area contributed by atoms with E-state index in [2.05, 4.69) is 0 Å². The molecule has 4 atom stereocenters. The summed E-state index contributed by atoms with van der Waals surface area (Å²) in [6.45, 7) is 7.70. The second kappa shape index (κ2) is 3.71. The fourth-order valence-corrected chi connectivity index (χ4v) is 3.97. The van der Waals surface area contributed by atoms with Crippen molar-refractivity contribution in [3.05, 3.63) is 0 Å². The van der Waals surface area contributed by atoms with Crippen LogP contribution in [0.5, 0.6) is 0 Å². The van der Waals surface area contributed by atoms with Gasteiger partial charge in [0.15, 0.2) is 0 Å². The van der Waals surface area contributed by atoms with Gasteiger partial charge in [0.05, 0.1) is 5.41 Å². The topological polar surface area (TPSA) is 29.5 Å². The number of nitrogens with zero attached hydrogens (tertiary/aromatic N) is 1. The third-order valence-corrected chi connectivity index (χ3v) is 4.93. The Hall–Kier alpha value is -0.570. The molecule has 3 heteroatoms. The van der Waals surface area contributed by atoms with Gasteiger partial charge in [-0.2, -0.15) is 0 Å². The minimum Gasteiger partial charge on any atom is -0.367 e. The Bertz CT molecular complexity index is 316. The van der Waals surface area contributed by atoms with Gasteiger partial charge in [-0.1, -0.05) is 0 Å². The van der Waals surface area contributed by atoms with Crippen molar-refractivity contribution in [3.8, 4) is 0 Å². The van der Waals surface area contributed by atoms with E-state index in [-0.39, 0.29) is 5.97 Å². The van der Waals surface area contributed by atoms with Crippen LogP contribution in [0.2, 0.25) is 0 Å². The highest BCUT2D eigenvalue weighted by atomic mass is 16.7. The van der Waals surface area contributed by atoms with Gasteiger partial charge >= 0.3 is 5.97 Å². The largest absolute Gasteiger partial charge is 0.367 e. The minimum atomic E-state index is -0.392. The van der Waals surface area contributed by atoms with Crippen molar-refractivity contribution in [2.45, 2.75) is 40.0 Å². The molecule has 1 aliphatic heterocycles. The van der Waals surface area contributed by atoms with Gasteiger partial charge in [-0.25, -0.2) is 4.79 Å². The Morgan fingerprint density at radius 3 is 2.12 bits per heavy atom. The third-order valence-electron chi connectivity index (χ3n) is 4.93. The van der Waals surface area contributed by atoms with Crippen LogP contribution in [0.25, 0.3) is 0 Å². The maximum atomic E-state index is 11.9. The molecule has 2 unspecified atom stereocenters. The third kappa shape index (κ3) is 1.88. The summed E-state index contributed by atoms with van der Waals surface area (Å²) in [5.74, 6) is 3.36. The van der Waals surface area contributed by atoms with Crippen molar-refractivity contribution in [1.29, 1.82) is 0 Å². The van der Waals surface area contributed by atoms with Crippen molar-refractivity contribution in [3.63, 3.8) is 0 Å². The summed E-state index contributed by atoms with van der Waals surface area (Å²) in [5, 5.41) is 1.94. The van der Waals surface area contributed by atoms with Gasteiger partial charge in [0.1, 0.15) is 0 Å². The molecule has 0 radical (unpaired) electrons. The first-order chi connectivity index (χ1) is 7.95. The second-order valence-corrected chi connectivity index (χ2v) is 7.14. The average Bonchev–Trinajstić information content (AvgIpc) is 2.84. The molecule has 1 saturated heterocycles. The lowest BCUT2D eigenvalue weighted by atomic mass is 9.82. The molecule has 3 aliphatic rings. The molecule has 0 spiro atoms. The summed E-state index contributed by atoms with van der Waals surface area (Å²) in [6.07, 6.45) is 4.26. The molecule has 96 valence electrons. The Kier molecular flexibility index (Phi) is 2.51. The average molecular weight is 237 g/mol. The summed E-state index contributed by atoms with van der Waals surface area (Å²) < 4.78 is 0. The zero-order valence-electron chi connectivity index (χ0n) is 11.1. The highest BCUT2D eigenvalue weighted by Crippen LogP contribution is 2.55. The highest BCUT2D eigenvalue weighted by Gasteiger charge is 2.52. The maximum absolute atomic E-state index is 11.9. The Balaban J connectivity index is 1.61. The standard InChI is InChI=1S/C14H23NO2/c1-14(2,3)13(16)17-15-7-11-9-4-5-10(6-9)12(11)8-15/h9-12H,4-8H2,1-3H3/t9?,10?,11-,12+. The quantitative estimate of drug-likeness (QED) is 0.701. The summed E-state index contributed by atoms with van der Waals surface area (Å²) >= 11 is 0. The second-order valence-electron chi connectivity index (χ2n) is 7.14. The van der Waals surface area contributed by atoms with Crippen LogP contribution in [0.1, 0.15) is 40.0 Å². The lowest BCUT2D eigenvalue weighted by Gasteiger charge is -2.22. The van der Waals surface area contributed by atoms with Crippen molar-refractivity contribution < 1.29 is 9.63 Å². The van der Waals surface area contributed by atoms with Gasteiger partial charge in [-0.3, -0.25) is 0 Å². The molecule has 0 amide bonds. The fraction of sp³-hybridized carbons (Fsp3) is 0.929. The van der Waals surface area contributed by atoms with Crippen LogP contribution in [0.3, 0.4) is 0 Å². The van der Waals surface area contributed by atoms with E-state index in [9.17, 15) is 4.79 Å². The number of hydrogen-bond donors (Lipinski definition) is 0. The molecule has 2 bridgehead atoms. The summed E-state index contributed by atoms with van der Waals surface area (Å²) in [5.41, 5.74) is -0.392. The monoisotopic (exact) mass is 237 g/mol. The van der Waals surface area contributed by atoms with Gasteiger partial charge in [0.2, 0.25) is 0 Å². The first kappa shape index (κ1) is 11.5. The summed E-state index contributed by atoms with van der Waals surface area (Å²) in [6, 6.07) is 0. The number of hydroxylamine groups is 2. The number of rotatable bonds is 1. The smallest absolute Gasteiger partial charge is 0.330 e. The molecule has 3 rings (SSSR count). The first-order valence-corrected chi connectivity index (χ1v) is 6.92. The minimum absolute atomic E-state index is 0.0928. The molecule has 17 heavy (non-hydrogen) atoms. The van der Waals surface area contributed by atoms with Gasteiger partial charge in [0.25, 0.3) is 0 Å².